The molecule has 0 heterocycles. The Balaban J connectivity index is 3.49. The van der Waals surface area contributed by atoms with Gasteiger partial charge in [-0.3, -0.25) is 0 Å². The predicted molar refractivity (Wildman–Crippen MR) is 41.5 cm³/mol. The Hall–Kier alpha value is -1.10. The van der Waals surface area contributed by atoms with Gasteiger partial charge in [0.2, 0.25) is 0 Å². The first-order valence-electron chi connectivity index (χ1n) is 3.81. The summed E-state index contributed by atoms with van der Waals surface area (Å²) in [5.74, 6) is -6.89. The van der Waals surface area contributed by atoms with Crippen molar-refractivity contribution in [3.8, 4) is 0 Å². The van der Waals surface area contributed by atoms with Gasteiger partial charge in [-0.25, -0.2) is 17.6 Å². The smallest absolute Gasteiger partial charge is 0.197 e. The molecular formula is C9H8F4O. The molecule has 1 rings (SSSR count). The van der Waals surface area contributed by atoms with E-state index in [1.165, 1.54) is 0 Å². The lowest BCUT2D eigenvalue weighted by Gasteiger charge is -2.18. The standard InChI is InChI=1S/C9H8F4O/c1-9(2,14)4-3-5(10)7(12)8(13)6(4)11/h3,14H,1-2H3. The molecule has 1 nitrogen and oxygen atoms in total. The summed E-state index contributed by atoms with van der Waals surface area (Å²) < 4.78 is 50.8. The number of rotatable bonds is 1. The van der Waals surface area contributed by atoms with Crippen LogP contribution in [0.25, 0.3) is 0 Å². The molecule has 1 aromatic carbocycles. The van der Waals surface area contributed by atoms with Gasteiger partial charge in [-0.2, -0.15) is 0 Å². The topological polar surface area (TPSA) is 20.2 Å². The van der Waals surface area contributed by atoms with E-state index in [9.17, 15) is 22.7 Å². The molecule has 0 spiro atoms. The lowest BCUT2D eigenvalue weighted by atomic mass is 9.97. The molecule has 1 N–H and O–H groups in total. The van der Waals surface area contributed by atoms with Crippen LogP contribution in [-0.4, -0.2) is 5.11 Å². The van der Waals surface area contributed by atoms with Crippen LogP contribution in [0.15, 0.2) is 6.07 Å². The minimum absolute atomic E-state index is 0.438. The van der Waals surface area contributed by atoms with Crippen LogP contribution in [-0.2, 0) is 5.60 Å². The Labute approximate surface area is 78.0 Å². The van der Waals surface area contributed by atoms with E-state index in [0.29, 0.717) is 6.07 Å². The fourth-order valence-electron chi connectivity index (χ4n) is 1.02. The average Bonchev–Trinajstić information content (AvgIpc) is 2.06. The second-order valence-electron chi connectivity index (χ2n) is 3.41. The van der Waals surface area contributed by atoms with E-state index in [0.717, 1.165) is 13.8 Å². The van der Waals surface area contributed by atoms with Crippen molar-refractivity contribution in [2.24, 2.45) is 0 Å². The Morgan fingerprint density at radius 3 is 1.93 bits per heavy atom. The molecule has 1 aromatic rings. The van der Waals surface area contributed by atoms with E-state index in [1.54, 1.807) is 0 Å². The SMILES string of the molecule is CC(C)(O)c1cc(F)c(F)c(F)c1F. The van der Waals surface area contributed by atoms with E-state index >= 15 is 0 Å². The predicted octanol–water partition coefficient (Wildman–Crippen LogP) is 2.47. The number of benzene rings is 1. The van der Waals surface area contributed by atoms with Gasteiger partial charge in [-0.05, 0) is 19.9 Å². The maximum absolute atomic E-state index is 13.0. The lowest BCUT2D eigenvalue weighted by molar-refractivity contribution is 0.0728. The number of hydrogen-bond donors (Lipinski definition) is 1. The van der Waals surface area contributed by atoms with Crippen molar-refractivity contribution in [2.45, 2.75) is 19.4 Å². The molecule has 14 heavy (non-hydrogen) atoms. The van der Waals surface area contributed by atoms with Gasteiger partial charge in [-0.1, -0.05) is 0 Å². The van der Waals surface area contributed by atoms with Crippen LogP contribution in [0.4, 0.5) is 17.6 Å². The zero-order chi connectivity index (χ0) is 11.1. The highest BCUT2D eigenvalue weighted by atomic mass is 19.2. The molecule has 0 aliphatic carbocycles. The zero-order valence-electron chi connectivity index (χ0n) is 7.54. The summed E-state index contributed by atoms with van der Waals surface area (Å²) in [7, 11) is 0. The summed E-state index contributed by atoms with van der Waals surface area (Å²) in [5.41, 5.74) is -2.38. The van der Waals surface area contributed by atoms with Crippen molar-refractivity contribution in [3.63, 3.8) is 0 Å². The molecule has 0 saturated heterocycles. The number of halogens is 4. The summed E-state index contributed by atoms with van der Waals surface area (Å²) in [6.07, 6.45) is 0. The van der Waals surface area contributed by atoms with Crippen molar-refractivity contribution in [2.75, 3.05) is 0 Å². The van der Waals surface area contributed by atoms with Crippen LogP contribution in [0, 0.1) is 23.3 Å². The van der Waals surface area contributed by atoms with Crippen molar-refractivity contribution < 1.29 is 22.7 Å². The van der Waals surface area contributed by atoms with E-state index in [1.807, 2.05) is 0 Å². The van der Waals surface area contributed by atoms with Crippen LogP contribution in [0.5, 0.6) is 0 Å². The molecule has 0 fully saturated rings. The molecule has 0 unspecified atom stereocenters. The highest BCUT2D eigenvalue weighted by Crippen LogP contribution is 2.27. The van der Waals surface area contributed by atoms with Crippen molar-refractivity contribution in [1.29, 1.82) is 0 Å². The van der Waals surface area contributed by atoms with Crippen LogP contribution in [0.3, 0.4) is 0 Å². The van der Waals surface area contributed by atoms with Gasteiger partial charge in [0.15, 0.2) is 23.3 Å². The lowest BCUT2D eigenvalue weighted by Crippen LogP contribution is -2.19. The van der Waals surface area contributed by atoms with Crippen LogP contribution < -0.4 is 0 Å². The molecule has 0 radical (unpaired) electrons. The molecule has 0 aromatic heterocycles. The zero-order valence-corrected chi connectivity index (χ0v) is 7.54. The summed E-state index contributed by atoms with van der Waals surface area (Å²) in [6, 6.07) is 0.438. The Kier molecular flexibility index (Phi) is 2.54. The monoisotopic (exact) mass is 208 g/mol. The Morgan fingerprint density at radius 1 is 1.00 bits per heavy atom. The maximum Gasteiger partial charge on any atom is 0.197 e. The molecule has 78 valence electrons. The fourth-order valence-corrected chi connectivity index (χ4v) is 1.02. The molecule has 0 bridgehead atoms. The van der Waals surface area contributed by atoms with Gasteiger partial charge in [0.05, 0.1) is 5.60 Å². The average molecular weight is 208 g/mol. The van der Waals surface area contributed by atoms with Crippen LogP contribution in [0.2, 0.25) is 0 Å². The van der Waals surface area contributed by atoms with Gasteiger partial charge < -0.3 is 5.11 Å². The summed E-state index contributed by atoms with van der Waals surface area (Å²) in [4.78, 5) is 0. The molecule has 0 amide bonds. The third kappa shape index (κ3) is 1.72. The first-order chi connectivity index (χ1) is 6.25. The van der Waals surface area contributed by atoms with Crippen LogP contribution in [0.1, 0.15) is 19.4 Å². The third-order valence-corrected chi connectivity index (χ3v) is 1.76. The third-order valence-electron chi connectivity index (χ3n) is 1.76. The second kappa shape index (κ2) is 3.24. The van der Waals surface area contributed by atoms with E-state index in [2.05, 4.69) is 0 Å². The van der Waals surface area contributed by atoms with Gasteiger partial charge in [-0.15, -0.1) is 0 Å². The highest BCUT2D eigenvalue weighted by Gasteiger charge is 2.27. The molecule has 0 saturated carbocycles. The van der Waals surface area contributed by atoms with E-state index < -0.39 is 34.4 Å². The normalized spacial score (nSPS) is 11.9. The molecule has 0 atom stereocenters. The molecule has 0 aliphatic rings. The van der Waals surface area contributed by atoms with E-state index in [4.69, 9.17) is 0 Å². The minimum Gasteiger partial charge on any atom is -0.386 e. The largest absolute Gasteiger partial charge is 0.386 e. The van der Waals surface area contributed by atoms with Gasteiger partial charge >= 0.3 is 0 Å². The number of aliphatic hydroxyl groups is 1. The van der Waals surface area contributed by atoms with E-state index in [-0.39, 0.29) is 0 Å². The van der Waals surface area contributed by atoms with Crippen molar-refractivity contribution >= 4 is 0 Å². The van der Waals surface area contributed by atoms with Crippen LogP contribution >= 0.6 is 0 Å². The summed E-state index contributed by atoms with van der Waals surface area (Å²) in [6.45, 7) is 2.28. The molecule has 5 heteroatoms. The first-order valence-corrected chi connectivity index (χ1v) is 3.81. The Morgan fingerprint density at radius 2 is 1.50 bits per heavy atom. The van der Waals surface area contributed by atoms with Gasteiger partial charge in [0.25, 0.3) is 0 Å². The molecule has 0 aliphatic heterocycles. The first kappa shape index (κ1) is 11.0. The minimum atomic E-state index is -1.91. The van der Waals surface area contributed by atoms with Crippen molar-refractivity contribution in [3.05, 3.63) is 34.9 Å². The quantitative estimate of drug-likeness (QED) is 0.427. The van der Waals surface area contributed by atoms with Gasteiger partial charge in [0, 0.05) is 5.56 Å². The highest BCUT2D eigenvalue weighted by molar-refractivity contribution is 5.26. The Bertz CT molecular complexity index is 368. The maximum atomic E-state index is 13.0. The summed E-state index contributed by atoms with van der Waals surface area (Å²) >= 11 is 0. The van der Waals surface area contributed by atoms with Gasteiger partial charge in [0.1, 0.15) is 0 Å². The molecular weight excluding hydrogens is 200 g/mol. The second-order valence-corrected chi connectivity index (χ2v) is 3.41. The fraction of sp³-hybridized carbons (Fsp3) is 0.333. The summed E-state index contributed by atoms with van der Waals surface area (Å²) in [5, 5.41) is 9.31. The van der Waals surface area contributed by atoms with Crippen molar-refractivity contribution in [1.82, 2.24) is 0 Å². The number of hydrogen-bond acceptors (Lipinski definition) is 1.